The van der Waals surface area contributed by atoms with E-state index in [1.165, 1.54) is 0 Å². The maximum Gasteiger partial charge on any atom is 0.187 e. The monoisotopic (exact) mass is 540 g/mol. The van der Waals surface area contributed by atoms with E-state index in [2.05, 4.69) is 98.2 Å². The first-order valence-electron chi connectivity index (χ1n) is 12.0. The second-order valence-corrected chi connectivity index (χ2v) is 36.1. The third-order valence-corrected chi connectivity index (χ3v) is 9.12. The molecule has 0 saturated carbocycles. The van der Waals surface area contributed by atoms with Crippen LogP contribution in [0.3, 0.4) is 0 Å². The van der Waals surface area contributed by atoms with Crippen LogP contribution in [0, 0.1) is 0 Å². The third-order valence-electron chi connectivity index (χ3n) is 4.21. The number of hydrogen-bond acceptors (Lipinski definition) is 6. The SMILES string of the molecule is C[Si](C)(C)OC[C@H]1OC(O[Si](C)(C)C)[C@@H](O[Si](C)(C)C)[C@@H](O[Si](C)(C)C)[C@@H]1O[Si](C)(C)C. The fourth-order valence-electron chi connectivity index (χ4n) is 3.41. The summed E-state index contributed by atoms with van der Waals surface area (Å²) in [5.74, 6) is 0. The topological polar surface area (TPSA) is 55.4 Å². The van der Waals surface area contributed by atoms with Crippen LogP contribution in [0.4, 0.5) is 0 Å². The van der Waals surface area contributed by atoms with Gasteiger partial charge in [0, 0.05) is 0 Å². The van der Waals surface area contributed by atoms with Gasteiger partial charge in [0.25, 0.3) is 0 Å². The Morgan fingerprint density at radius 2 is 0.844 bits per heavy atom. The molecule has 1 aliphatic rings. The molecule has 1 rings (SSSR count). The van der Waals surface area contributed by atoms with Gasteiger partial charge >= 0.3 is 0 Å². The summed E-state index contributed by atoms with van der Waals surface area (Å²) in [5, 5.41) is 0. The van der Waals surface area contributed by atoms with Crippen LogP contribution >= 0.6 is 0 Å². The van der Waals surface area contributed by atoms with Gasteiger partial charge < -0.3 is 26.9 Å². The molecule has 192 valence electrons. The summed E-state index contributed by atoms with van der Waals surface area (Å²) in [6, 6.07) is 0. The lowest BCUT2D eigenvalue weighted by atomic mass is 9.99. The lowest BCUT2D eigenvalue weighted by Gasteiger charge is -2.51. The Labute approximate surface area is 203 Å². The quantitative estimate of drug-likeness (QED) is 0.296. The van der Waals surface area contributed by atoms with Crippen molar-refractivity contribution in [2.24, 2.45) is 0 Å². The van der Waals surface area contributed by atoms with Crippen molar-refractivity contribution in [3.8, 4) is 0 Å². The molecule has 0 bridgehead atoms. The summed E-state index contributed by atoms with van der Waals surface area (Å²) in [6.45, 7) is 33.6. The molecule has 32 heavy (non-hydrogen) atoms. The van der Waals surface area contributed by atoms with Gasteiger partial charge in [-0.3, -0.25) is 0 Å². The average molecular weight is 541 g/mol. The van der Waals surface area contributed by atoms with E-state index in [1.807, 2.05) is 0 Å². The highest BCUT2D eigenvalue weighted by Crippen LogP contribution is 2.35. The Balaban J connectivity index is 3.50. The van der Waals surface area contributed by atoms with Crippen LogP contribution in [0.25, 0.3) is 0 Å². The molecule has 0 aliphatic carbocycles. The Hall–Kier alpha value is 0.844. The standard InChI is InChI=1S/C21H52O6Si5/c1-28(2,3)22-16-17-18(24-29(4,5)6)19(25-30(7,8)9)20(26-31(10,11)12)21(23-17)27-32(13,14)15/h17-21H,16H2,1-15H3/t17-,18-,19+,20+,21?/m1/s1. The summed E-state index contributed by atoms with van der Waals surface area (Å²) in [6.07, 6.45) is -1.54. The van der Waals surface area contributed by atoms with Crippen molar-refractivity contribution < 1.29 is 26.9 Å². The minimum absolute atomic E-state index is 0.243. The van der Waals surface area contributed by atoms with Crippen LogP contribution in [0.2, 0.25) is 98.2 Å². The van der Waals surface area contributed by atoms with Crippen molar-refractivity contribution in [3.63, 3.8) is 0 Å². The van der Waals surface area contributed by atoms with Gasteiger partial charge in [0.2, 0.25) is 0 Å². The van der Waals surface area contributed by atoms with Gasteiger partial charge in [-0.2, -0.15) is 0 Å². The first kappa shape index (κ1) is 30.9. The predicted octanol–water partition coefficient (Wildman–Crippen LogP) is 6.07. The van der Waals surface area contributed by atoms with E-state index in [-0.39, 0.29) is 24.4 Å². The van der Waals surface area contributed by atoms with Crippen molar-refractivity contribution >= 4 is 41.6 Å². The van der Waals surface area contributed by atoms with Crippen LogP contribution in [-0.4, -0.2) is 78.9 Å². The van der Waals surface area contributed by atoms with Crippen LogP contribution in [0.1, 0.15) is 0 Å². The molecule has 0 aromatic rings. The van der Waals surface area contributed by atoms with E-state index in [9.17, 15) is 0 Å². The summed E-state index contributed by atoms with van der Waals surface area (Å²) in [7, 11) is -9.37. The van der Waals surface area contributed by atoms with Gasteiger partial charge in [-0.25, -0.2) is 0 Å². The highest BCUT2D eigenvalue weighted by molar-refractivity contribution is 6.71. The molecule has 6 nitrogen and oxygen atoms in total. The van der Waals surface area contributed by atoms with E-state index in [1.54, 1.807) is 0 Å². The number of hydrogen-bond donors (Lipinski definition) is 0. The van der Waals surface area contributed by atoms with Crippen LogP contribution in [0.5, 0.6) is 0 Å². The smallest absolute Gasteiger partial charge is 0.187 e. The second kappa shape index (κ2) is 10.8. The van der Waals surface area contributed by atoms with Crippen molar-refractivity contribution in [2.45, 2.75) is 129 Å². The molecule has 0 aromatic heterocycles. The minimum atomic E-state index is -1.92. The first-order chi connectivity index (χ1) is 14.0. The molecule has 11 heteroatoms. The fraction of sp³-hybridized carbons (Fsp3) is 1.00. The van der Waals surface area contributed by atoms with Crippen molar-refractivity contribution in [2.75, 3.05) is 6.61 Å². The van der Waals surface area contributed by atoms with Crippen LogP contribution in [-0.2, 0) is 26.9 Å². The highest BCUT2D eigenvalue weighted by Gasteiger charge is 2.52. The maximum absolute atomic E-state index is 6.85. The predicted molar refractivity (Wildman–Crippen MR) is 147 cm³/mol. The first-order valence-corrected chi connectivity index (χ1v) is 29.0. The molecule has 0 aromatic carbocycles. The average Bonchev–Trinajstić information content (AvgIpc) is 2.45. The largest absolute Gasteiger partial charge is 0.415 e. The molecule has 1 fully saturated rings. The molecule has 1 saturated heterocycles. The maximum atomic E-state index is 6.85. The van der Waals surface area contributed by atoms with Crippen molar-refractivity contribution in [1.82, 2.24) is 0 Å². The van der Waals surface area contributed by atoms with Crippen molar-refractivity contribution in [1.29, 1.82) is 0 Å². The summed E-state index contributed by atoms with van der Waals surface area (Å²) >= 11 is 0. The molecule has 0 spiro atoms. The minimum Gasteiger partial charge on any atom is -0.415 e. The van der Waals surface area contributed by atoms with Crippen molar-refractivity contribution in [3.05, 3.63) is 0 Å². The lowest BCUT2D eigenvalue weighted by molar-refractivity contribution is -0.268. The molecule has 0 amide bonds. The zero-order valence-corrected chi connectivity index (χ0v) is 28.5. The summed E-state index contributed by atoms with van der Waals surface area (Å²) < 4.78 is 39.9. The molecule has 0 radical (unpaired) electrons. The van der Waals surface area contributed by atoms with Gasteiger partial charge in [0.05, 0.1) is 6.61 Å². The Kier molecular flexibility index (Phi) is 10.5. The Morgan fingerprint density at radius 3 is 1.22 bits per heavy atom. The van der Waals surface area contributed by atoms with Gasteiger partial charge in [-0.15, -0.1) is 0 Å². The lowest BCUT2D eigenvalue weighted by Crippen LogP contribution is -2.67. The molecule has 1 unspecified atom stereocenters. The Morgan fingerprint density at radius 1 is 0.469 bits per heavy atom. The van der Waals surface area contributed by atoms with Gasteiger partial charge in [-0.1, -0.05) is 0 Å². The van der Waals surface area contributed by atoms with E-state index in [4.69, 9.17) is 26.9 Å². The molecule has 0 N–H and O–H groups in total. The third kappa shape index (κ3) is 12.5. The van der Waals surface area contributed by atoms with E-state index in [0.29, 0.717) is 6.61 Å². The van der Waals surface area contributed by atoms with Crippen LogP contribution < -0.4 is 0 Å². The number of ether oxygens (including phenoxy) is 1. The Bertz CT molecular complexity index is 586. The fourth-order valence-corrected chi connectivity index (χ4v) is 8.21. The molecule has 1 heterocycles. The molecular weight excluding hydrogens is 489 g/mol. The molecule has 5 atom stereocenters. The highest BCUT2D eigenvalue weighted by atomic mass is 28.4. The van der Waals surface area contributed by atoms with Crippen LogP contribution in [0.15, 0.2) is 0 Å². The zero-order valence-electron chi connectivity index (χ0n) is 23.5. The molecule has 1 aliphatic heterocycles. The van der Waals surface area contributed by atoms with E-state index < -0.39 is 47.9 Å². The number of rotatable bonds is 11. The van der Waals surface area contributed by atoms with E-state index >= 15 is 0 Å². The summed E-state index contributed by atoms with van der Waals surface area (Å²) in [4.78, 5) is 0. The van der Waals surface area contributed by atoms with Gasteiger partial charge in [0.15, 0.2) is 47.9 Å². The van der Waals surface area contributed by atoms with E-state index in [0.717, 1.165) is 0 Å². The van der Waals surface area contributed by atoms with Gasteiger partial charge in [-0.05, 0) is 98.2 Å². The second-order valence-electron chi connectivity index (χ2n) is 13.8. The molecular formula is C21H52O6Si5. The zero-order chi connectivity index (χ0) is 25.3. The van der Waals surface area contributed by atoms with Gasteiger partial charge in [0.1, 0.15) is 24.4 Å². The summed E-state index contributed by atoms with van der Waals surface area (Å²) in [5.41, 5.74) is 0. The normalized spacial score (nSPS) is 28.8.